The molecule has 8 heteroatoms. The predicted molar refractivity (Wildman–Crippen MR) is 72.1 cm³/mol. The fourth-order valence-corrected chi connectivity index (χ4v) is 1.65. The van der Waals surface area contributed by atoms with E-state index >= 15 is 0 Å². The summed E-state index contributed by atoms with van der Waals surface area (Å²) in [6, 6.07) is 1.74. The minimum Gasteiger partial charge on any atom is -0.469 e. The molecule has 2 rings (SSSR count). The summed E-state index contributed by atoms with van der Waals surface area (Å²) < 4.78 is 10.6. The van der Waals surface area contributed by atoms with Gasteiger partial charge in [0.05, 0.1) is 18.4 Å². The maximum atomic E-state index is 11.5. The smallest absolute Gasteiger partial charge is 0.251 e. The number of amides is 2. The molecular formula is C13H16N4O4. The lowest BCUT2D eigenvalue weighted by Crippen LogP contribution is -2.35. The monoisotopic (exact) mass is 292 g/mol. The van der Waals surface area contributed by atoms with E-state index in [1.807, 2.05) is 0 Å². The first-order valence-electron chi connectivity index (χ1n) is 6.44. The molecule has 21 heavy (non-hydrogen) atoms. The van der Waals surface area contributed by atoms with Crippen LogP contribution >= 0.6 is 0 Å². The van der Waals surface area contributed by atoms with Gasteiger partial charge in [0.1, 0.15) is 5.76 Å². The number of furan rings is 1. The Morgan fingerprint density at radius 2 is 2.10 bits per heavy atom. The van der Waals surface area contributed by atoms with Crippen LogP contribution in [0.1, 0.15) is 18.1 Å². The fourth-order valence-electron chi connectivity index (χ4n) is 1.65. The summed E-state index contributed by atoms with van der Waals surface area (Å²) in [5, 5.41) is 12.7. The second-order valence-corrected chi connectivity index (χ2v) is 4.34. The van der Waals surface area contributed by atoms with Gasteiger partial charge in [-0.3, -0.25) is 9.59 Å². The molecule has 0 radical (unpaired) electrons. The van der Waals surface area contributed by atoms with Crippen LogP contribution in [0.3, 0.4) is 0 Å². The summed E-state index contributed by atoms with van der Waals surface area (Å²) in [5.74, 6) is 0.910. The van der Waals surface area contributed by atoms with Crippen molar-refractivity contribution in [2.75, 3.05) is 13.6 Å². The van der Waals surface area contributed by atoms with Crippen molar-refractivity contribution in [3.05, 3.63) is 24.0 Å². The van der Waals surface area contributed by atoms with Crippen LogP contribution in [-0.2, 0) is 16.0 Å². The third kappa shape index (κ3) is 3.91. The van der Waals surface area contributed by atoms with Gasteiger partial charge >= 0.3 is 0 Å². The topological polar surface area (TPSA) is 110 Å². The summed E-state index contributed by atoms with van der Waals surface area (Å²) in [5.41, 5.74) is 0.734. The van der Waals surface area contributed by atoms with E-state index in [-0.39, 0.29) is 24.8 Å². The van der Waals surface area contributed by atoms with E-state index in [4.69, 9.17) is 8.83 Å². The number of nitrogens with one attached hydrogen (secondary N) is 2. The highest BCUT2D eigenvalue weighted by atomic mass is 16.4. The molecule has 0 aromatic carbocycles. The van der Waals surface area contributed by atoms with Crippen LogP contribution in [0.5, 0.6) is 0 Å². The van der Waals surface area contributed by atoms with E-state index in [9.17, 15) is 9.59 Å². The molecule has 0 bridgehead atoms. The number of aryl methyl sites for hydroxylation is 2. The van der Waals surface area contributed by atoms with Crippen molar-refractivity contribution in [1.82, 2.24) is 20.8 Å². The summed E-state index contributed by atoms with van der Waals surface area (Å²) in [7, 11) is 1.51. The van der Waals surface area contributed by atoms with Gasteiger partial charge in [0.15, 0.2) is 0 Å². The molecule has 2 heterocycles. The van der Waals surface area contributed by atoms with E-state index in [0.29, 0.717) is 24.0 Å². The van der Waals surface area contributed by atoms with Crippen molar-refractivity contribution >= 4 is 11.8 Å². The Labute approximate surface area is 120 Å². The van der Waals surface area contributed by atoms with Gasteiger partial charge in [0.25, 0.3) is 5.89 Å². The lowest BCUT2D eigenvalue weighted by Gasteiger charge is -2.02. The molecule has 0 spiro atoms. The molecular weight excluding hydrogens is 276 g/mol. The molecule has 0 saturated carbocycles. The molecule has 8 nitrogen and oxygen atoms in total. The average Bonchev–Trinajstić information content (AvgIpc) is 3.10. The number of aromatic nitrogens is 2. The van der Waals surface area contributed by atoms with Crippen molar-refractivity contribution in [2.45, 2.75) is 19.8 Å². The van der Waals surface area contributed by atoms with Gasteiger partial charge in [-0.1, -0.05) is 0 Å². The predicted octanol–water partition coefficient (Wildman–Crippen LogP) is 0.433. The first-order chi connectivity index (χ1) is 10.1. The maximum absolute atomic E-state index is 11.5. The van der Waals surface area contributed by atoms with Crippen molar-refractivity contribution in [3.63, 3.8) is 0 Å². The van der Waals surface area contributed by atoms with Crippen LogP contribution in [0.4, 0.5) is 0 Å². The molecule has 2 amide bonds. The lowest BCUT2D eigenvalue weighted by molar-refractivity contribution is -0.125. The van der Waals surface area contributed by atoms with E-state index in [2.05, 4.69) is 20.8 Å². The molecule has 0 atom stereocenters. The highest BCUT2D eigenvalue weighted by molar-refractivity contribution is 5.84. The highest BCUT2D eigenvalue weighted by Gasteiger charge is 2.14. The number of carbonyl (C=O) groups excluding carboxylic acids is 2. The Kier molecular flexibility index (Phi) is 4.70. The Morgan fingerprint density at radius 1 is 1.29 bits per heavy atom. The van der Waals surface area contributed by atoms with Crippen LogP contribution < -0.4 is 10.6 Å². The number of hydrogen-bond donors (Lipinski definition) is 2. The zero-order chi connectivity index (χ0) is 15.2. The normalized spacial score (nSPS) is 10.4. The molecule has 2 aromatic rings. The highest BCUT2D eigenvalue weighted by Crippen LogP contribution is 2.22. The molecule has 0 aliphatic heterocycles. The number of likely N-dealkylation sites (N-methyl/N-ethyl adjacent to an activating group) is 1. The molecule has 2 aromatic heterocycles. The van der Waals surface area contributed by atoms with Crippen molar-refractivity contribution < 1.29 is 18.4 Å². The third-order valence-electron chi connectivity index (χ3n) is 2.85. The van der Waals surface area contributed by atoms with Crippen molar-refractivity contribution in [2.24, 2.45) is 0 Å². The molecule has 0 unspecified atom stereocenters. The molecule has 0 aliphatic rings. The minimum absolute atomic E-state index is 0.0430. The summed E-state index contributed by atoms with van der Waals surface area (Å²) in [4.78, 5) is 22.5. The second-order valence-electron chi connectivity index (χ2n) is 4.34. The van der Waals surface area contributed by atoms with E-state index in [0.717, 1.165) is 5.56 Å². The number of carbonyl (C=O) groups is 2. The molecule has 0 aliphatic carbocycles. The standard InChI is InChI=1S/C13H16N4O4/c1-8-9(5-6-20-8)13-17-16-12(21-13)4-3-10(18)15-7-11(19)14-2/h5-6H,3-4,7H2,1-2H3,(H,14,19)(H,15,18). The zero-order valence-corrected chi connectivity index (χ0v) is 11.8. The van der Waals surface area contributed by atoms with Crippen molar-refractivity contribution in [3.8, 4) is 11.5 Å². The van der Waals surface area contributed by atoms with Crippen LogP contribution in [0.2, 0.25) is 0 Å². The van der Waals surface area contributed by atoms with Gasteiger partial charge in [-0.2, -0.15) is 0 Å². The second kappa shape index (κ2) is 6.69. The molecule has 2 N–H and O–H groups in total. The van der Waals surface area contributed by atoms with Gasteiger partial charge in [-0.05, 0) is 13.0 Å². The number of hydrogen-bond acceptors (Lipinski definition) is 6. The quantitative estimate of drug-likeness (QED) is 0.799. The SMILES string of the molecule is CNC(=O)CNC(=O)CCc1nnc(-c2ccoc2C)o1. The Morgan fingerprint density at radius 3 is 2.76 bits per heavy atom. The van der Waals surface area contributed by atoms with Gasteiger partial charge < -0.3 is 19.5 Å². The van der Waals surface area contributed by atoms with Crippen LogP contribution in [0.15, 0.2) is 21.2 Å². The maximum Gasteiger partial charge on any atom is 0.251 e. The number of nitrogens with zero attached hydrogens (tertiary/aromatic N) is 2. The van der Waals surface area contributed by atoms with Gasteiger partial charge in [-0.25, -0.2) is 0 Å². The largest absolute Gasteiger partial charge is 0.469 e. The minimum atomic E-state index is -0.252. The first-order valence-corrected chi connectivity index (χ1v) is 6.44. The van der Waals surface area contributed by atoms with Crippen LogP contribution in [0, 0.1) is 6.92 Å². The van der Waals surface area contributed by atoms with Gasteiger partial charge in [0.2, 0.25) is 17.7 Å². The van der Waals surface area contributed by atoms with Gasteiger partial charge in [-0.15, -0.1) is 10.2 Å². The van der Waals surface area contributed by atoms with Crippen molar-refractivity contribution in [1.29, 1.82) is 0 Å². The molecule has 0 fully saturated rings. The Balaban J connectivity index is 1.85. The van der Waals surface area contributed by atoms with Crippen LogP contribution in [-0.4, -0.2) is 35.6 Å². The lowest BCUT2D eigenvalue weighted by atomic mass is 10.2. The van der Waals surface area contributed by atoms with E-state index in [1.165, 1.54) is 7.05 Å². The Hall–Kier alpha value is -2.64. The summed E-state index contributed by atoms with van der Waals surface area (Å²) in [6.45, 7) is 1.75. The molecule has 0 saturated heterocycles. The third-order valence-corrected chi connectivity index (χ3v) is 2.85. The summed E-state index contributed by atoms with van der Waals surface area (Å²) >= 11 is 0. The number of rotatable bonds is 6. The zero-order valence-electron chi connectivity index (χ0n) is 11.8. The van der Waals surface area contributed by atoms with E-state index in [1.54, 1.807) is 19.3 Å². The molecule has 112 valence electrons. The Bertz CT molecular complexity index is 632. The van der Waals surface area contributed by atoms with E-state index < -0.39 is 0 Å². The fraction of sp³-hybridized carbons (Fsp3) is 0.385. The first kappa shape index (κ1) is 14.8. The summed E-state index contributed by atoms with van der Waals surface area (Å²) in [6.07, 6.45) is 2.02. The van der Waals surface area contributed by atoms with Crippen LogP contribution in [0.25, 0.3) is 11.5 Å². The van der Waals surface area contributed by atoms with Gasteiger partial charge in [0, 0.05) is 19.9 Å². The average molecular weight is 292 g/mol.